The van der Waals surface area contributed by atoms with Gasteiger partial charge in [0.2, 0.25) is 0 Å². The van der Waals surface area contributed by atoms with Crippen molar-refractivity contribution in [3.8, 4) is 0 Å². The SMILES string of the molecule is CC(C)(C)c1nc(Br)cc(Nc2ccc(F)c(Br)c2)n1. The average molecular weight is 403 g/mol. The molecule has 0 bridgehead atoms. The van der Waals surface area contributed by atoms with Crippen LogP contribution in [-0.2, 0) is 5.41 Å². The lowest BCUT2D eigenvalue weighted by molar-refractivity contribution is 0.544. The van der Waals surface area contributed by atoms with Gasteiger partial charge in [0, 0.05) is 17.2 Å². The molecule has 2 rings (SSSR count). The number of nitrogens with zero attached hydrogens (tertiary/aromatic N) is 2. The van der Waals surface area contributed by atoms with Gasteiger partial charge in [0.1, 0.15) is 22.1 Å². The number of nitrogens with one attached hydrogen (secondary N) is 1. The Labute approximate surface area is 134 Å². The molecule has 1 aromatic carbocycles. The summed E-state index contributed by atoms with van der Waals surface area (Å²) in [5.74, 6) is 1.10. The van der Waals surface area contributed by atoms with E-state index in [-0.39, 0.29) is 11.2 Å². The van der Waals surface area contributed by atoms with Crippen molar-refractivity contribution in [1.29, 1.82) is 0 Å². The van der Waals surface area contributed by atoms with Crippen molar-refractivity contribution in [3.05, 3.63) is 45.0 Å². The van der Waals surface area contributed by atoms with Gasteiger partial charge in [-0.2, -0.15) is 0 Å². The van der Waals surface area contributed by atoms with Crippen LogP contribution in [0.15, 0.2) is 33.3 Å². The molecule has 2 aromatic rings. The molecule has 0 atom stereocenters. The topological polar surface area (TPSA) is 37.8 Å². The molecule has 0 saturated carbocycles. The van der Waals surface area contributed by atoms with Crippen LogP contribution in [0.2, 0.25) is 0 Å². The number of aromatic nitrogens is 2. The van der Waals surface area contributed by atoms with Gasteiger partial charge in [-0.05, 0) is 50.1 Å². The summed E-state index contributed by atoms with van der Waals surface area (Å²) in [7, 11) is 0. The van der Waals surface area contributed by atoms with Crippen LogP contribution in [0.4, 0.5) is 15.9 Å². The van der Waals surface area contributed by atoms with Crippen LogP contribution in [0.3, 0.4) is 0 Å². The van der Waals surface area contributed by atoms with E-state index >= 15 is 0 Å². The number of anilines is 2. The third-order valence-electron chi connectivity index (χ3n) is 2.56. The molecule has 0 aliphatic heterocycles. The Bertz CT molecular complexity index is 639. The maximum atomic E-state index is 13.2. The lowest BCUT2D eigenvalue weighted by atomic mass is 9.96. The van der Waals surface area contributed by atoms with Crippen molar-refractivity contribution in [1.82, 2.24) is 9.97 Å². The zero-order valence-electron chi connectivity index (χ0n) is 11.3. The van der Waals surface area contributed by atoms with E-state index in [1.165, 1.54) is 6.07 Å². The predicted octanol–water partition coefficient (Wildman–Crippen LogP) is 5.18. The van der Waals surface area contributed by atoms with Crippen molar-refractivity contribution < 1.29 is 4.39 Å². The molecule has 1 aromatic heterocycles. The fourth-order valence-corrected chi connectivity index (χ4v) is 2.30. The molecule has 0 aliphatic carbocycles. The quantitative estimate of drug-likeness (QED) is 0.703. The molecule has 3 nitrogen and oxygen atoms in total. The highest BCUT2D eigenvalue weighted by molar-refractivity contribution is 9.10. The second kappa shape index (κ2) is 5.77. The normalized spacial score (nSPS) is 11.5. The highest BCUT2D eigenvalue weighted by Crippen LogP contribution is 2.26. The minimum Gasteiger partial charge on any atom is -0.340 e. The van der Waals surface area contributed by atoms with Crippen molar-refractivity contribution in [2.45, 2.75) is 26.2 Å². The largest absolute Gasteiger partial charge is 0.340 e. The molecule has 0 saturated heterocycles. The molecule has 0 amide bonds. The Hall–Kier alpha value is -1.01. The van der Waals surface area contributed by atoms with Crippen molar-refractivity contribution in [2.24, 2.45) is 0 Å². The predicted molar refractivity (Wildman–Crippen MR) is 85.8 cm³/mol. The molecule has 1 heterocycles. The van der Waals surface area contributed by atoms with Crippen molar-refractivity contribution in [2.75, 3.05) is 5.32 Å². The molecule has 0 radical (unpaired) electrons. The molecular formula is C14H14Br2FN3. The van der Waals surface area contributed by atoms with E-state index < -0.39 is 0 Å². The van der Waals surface area contributed by atoms with Crippen LogP contribution < -0.4 is 5.32 Å². The van der Waals surface area contributed by atoms with E-state index in [4.69, 9.17) is 0 Å². The molecule has 0 unspecified atom stereocenters. The molecule has 20 heavy (non-hydrogen) atoms. The zero-order chi connectivity index (χ0) is 14.9. The summed E-state index contributed by atoms with van der Waals surface area (Å²) in [6, 6.07) is 6.51. The second-order valence-electron chi connectivity index (χ2n) is 5.40. The smallest absolute Gasteiger partial charge is 0.137 e. The molecule has 0 spiro atoms. The molecule has 6 heteroatoms. The summed E-state index contributed by atoms with van der Waals surface area (Å²) in [6.45, 7) is 6.15. The first-order valence-corrected chi connectivity index (χ1v) is 7.61. The zero-order valence-corrected chi connectivity index (χ0v) is 14.5. The molecule has 0 aliphatic rings. The lowest BCUT2D eigenvalue weighted by Gasteiger charge is -2.18. The van der Waals surface area contributed by atoms with Crippen LogP contribution in [0.5, 0.6) is 0 Å². The molecular weight excluding hydrogens is 389 g/mol. The molecule has 0 fully saturated rings. The van der Waals surface area contributed by atoms with Gasteiger partial charge in [-0.15, -0.1) is 0 Å². The summed E-state index contributed by atoms with van der Waals surface area (Å²) < 4.78 is 14.3. The fourth-order valence-electron chi connectivity index (χ4n) is 1.54. The Balaban J connectivity index is 2.33. The first-order valence-electron chi connectivity index (χ1n) is 6.03. The van der Waals surface area contributed by atoms with Crippen molar-refractivity contribution >= 4 is 43.4 Å². The van der Waals surface area contributed by atoms with Gasteiger partial charge in [0.05, 0.1) is 4.47 Å². The summed E-state index contributed by atoms with van der Waals surface area (Å²) in [6.07, 6.45) is 0. The van der Waals surface area contributed by atoms with E-state index in [0.717, 1.165) is 11.5 Å². The van der Waals surface area contributed by atoms with Gasteiger partial charge >= 0.3 is 0 Å². The molecule has 106 valence electrons. The van der Waals surface area contributed by atoms with Crippen LogP contribution in [-0.4, -0.2) is 9.97 Å². The van der Waals surface area contributed by atoms with Gasteiger partial charge < -0.3 is 5.32 Å². The first kappa shape index (κ1) is 15.4. The van der Waals surface area contributed by atoms with E-state index in [9.17, 15) is 4.39 Å². The minimum atomic E-state index is -0.296. The monoisotopic (exact) mass is 401 g/mol. The average Bonchev–Trinajstić information content (AvgIpc) is 2.32. The Morgan fingerprint density at radius 2 is 1.80 bits per heavy atom. The van der Waals surface area contributed by atoms with Crippen molar-refractivity contribution in [3.63, 3.8) is 0 Å². The van der Waals surface area contributed by atoms with Gasteiger partial charge in [-0.3, -0.25) is 0 Å². The van der Waals surface area contributed by atoms with Gasteiger partial charge in [0.15, 0.2) is 0 Å². The van der Waals surface area contributed by atoms with E-state index in [0.29, 0.717) is 14.9 Å². The molecule has 1 N–H and O–H groups in total. The summed E-state index contributed by atoms with van der Waals surface area (Å²) >= 11 is 6.55. The second-order valence-corrected chi connectivity index (χ2v) is 7.07. The minimum absolute atomic E-state index is 0.149. The number of hydrogen-bond acceptors (Lipinski definition) is 3. The highest BCUT2D eigenvalue weighted by Gasteiger charge is 2.18. The Kier molecular flexibility index (Phi) is 4.44. The number of benzene rings is 1. The van der Waals surface area contributed by atoms with Gasteiger partial charge in [-0.25, -0.2) is 14.4 Å². The van der Waals surface area contributed by atoms with Gasteiger partial charge in [-0.1, -0.05) is 20.8 Å². The maximum Gasteiger partial charge on any atom is 0.137 e. The van der Waals surface area contributed by atoms with Crippen LogP contribution in [0, 0.1) is 5.82 Å². The lowest BCUT2D eigenvalue weighted by Crippen LogP contribution is -2.16. The number of halogens is 3. The third kappa shape index (κ3) is 3.76. The van der Waals surface area contributed by atoms with Crippen LogP contribution in [0.1, 0.15) is 26.6 Å². The number of rotatable bonds is 2. The number of hydrogen-bond donors (Lipinski definition) is 1. The first-order chi connectivity index (χ1) is 9.25. The summed E-state index contributed by atoms with van der Waals surface area (Å²) in [4.78, 5) is 8.87. The van der Waals surface area contributed by atoms with Crippen LogP contribution >= 0.6 is 31.9 Å². The highest BCUT2D eigenvalue weighted by atomic mass is 79.9. The fraction of sp³-hybridized carbons (Fsp3) is 0.286. The maximum absolute atomic E-state index is 13.2. The Morgan fingerprint density at radius 1 is 1.10 bits per heavy atom. The van der Waals surface area contributed by atoms with E-state index in [1.807, 2.05) is 20.8 Å². The van der Waals surface area contributed by atoms with E-state index in [1.54, 1.807) is 18.2 Å². The third-order valence-corrected chi connectivity index (χ3v) is 3.57. The van der Waals surface area contributed by atoms with Gasteiger partial charge in [0.25, 0.3) is 0 Å². The van der Waals surface area contributed by atoms with E-state index in [2.05, 4.69) is 47.1 Å². The summed E-state index contributed by atoms with van der Waals surface area (Å²) in [5, 5.41) is 3.15. The summed E-state index contributed by atoms with van der Waals surface area (Å²) in [5.41, 5.74) is 0.604. The standard InChI is InChI=1S/C14H14Br2FN3/c1-14(2,3)13-19-11(16)7-12(20-13)18-8-4-5-10(17)9(15)6-8/h4-7H,1-3H3,(H,18,19,20). The Morgan fingerprint density at radius 3 is 2.40 bits per heavy atom. The van der Waals surface area contributed by atoms with Crippen LogP contribution in [0.25, 0.3) is 0 Å².